The molecule has 0 aliphatic rings. The van der Waals surface area contributed by atoms with E-state index in [1.165, 1.54) is 22.9 Å². The molecule has 26 heavy (non-hydrogen) atoms. The largest absolute Gasteiger partial charge is 0.470 e. The van der Waals surface area contributed by atoms with Crippen LogP contribution in [0, 0.1) is 10.1 Å². The number of carbonyl (C=O) groups excluding carboxylic acids is 1. The number of non-ortho nitro benzene ring substituents is 1. The highest BCUT2D eigenvalue weighted by atomic mass is 35.5. The van der Waals surface area contributed by atoms with E-state index in [-0.39, 0.29) is 34.8 Å². The molecule has 2 aromatic rings. The average molecular weight is 383 g/mol. The van der Waals surface area contributed by atoms with E-state index in [4.69, 9.17) is 21.1 Å². The number of aromatic nitrogens is 2. The van der Waals surface area contributed by atoms with Gasteiger partial charge in [-0.2, -0.15) is 5.10 Å². The standard InChI is InChI=1S/C16H19ClN4O5/c1-2-25-9-3-7-18-16(22)14-6-8-20(19-14)11-26-15-5-4-12(21(23)24)10-13(15)17/h4-6,8,10H,2-3,7,9,11H2,1H3,(H,18,22). The Balaban J connectivity index is 1.84. The van der Waals surface area contributed by atoms with Crippen LogP contribution in [0.1, 0.15) is 23.8 Å². The van der Waals surface area contributed by atoms with Gasteiger partial charge in [-0.25, -0.2) is 4.68 Å². The number of nitrogens with zero attached hydrogens (tertiary/aromatic N) is 3. The van der Waals surface area contributed by atoms with Gasteiger partial charge in [0.2, 0.25) is 0 Å². The molecule has 1 heterocycles. The lowest BCUT2D eigenvalue weighted by molar-refractivity contribution is -0.384. The van der Waals surface area contributed by atoms with Crippen LogP contribution in [-0.2, 0) is 11.5 Å². The summed E-state index contributed by atoms with van der Waals surface area (Å²) in [6.07, 6.45) is 2.32. The van der Waals surface area contributed by atoms with E-state index in [0.717, 1.165) is 6.42 Å². The topological polar surface area (TPSA) is 109 Å². The van der Waals surface area contributed by atoms with Crippen molar-refractivity contribution in [2.45, 2.75) is 20.1 Å². The highest BCUT2D eigenvalue weighted by Gasteiger charge is 2.12. The predicted molar refractivity (Wildman–Crippen MR) is 94.4 cm³/mol. The van der Waals surface area contributed by atoms with Crippen LogP contribution in [0.4, 0.5) is 5.69 Å². The van der Waals surface area contributed by atoms with Crippen molar-refractivity contribution in [3.8, 4) is 5.75 Å². The first kappa shape index (κ1) is 19.7. The first-order chi connectivity index (χ1) is 12.5. The first-order valence-electron chi connectivity index (χ1n) is 7.97. The molecule has 0 fully saturated rings. The molecule has 9 nitrogen and oxygen atoms in total. The Morgan fingerprint density at radius 3 is 2.92 bits per heavy atom. The van der Waals surface area contributed by atoms with Gasteiger partial charge in [-0.1, -0.05) is 11.6 Å². The number of hydrogen-bond acceptors (Lipinski definition) is 6. The molecule has 1 N–H and O–H groups in total. The van der Waals surface area contributed by atoms with E-state index in [1.807, 2.05) is 6.92 Å². The molecule has 10 heteroatoms. The Morgan fingerprint density at radius 1 is 1.42 bits per heavy atom. The van der Waals surface area contributed by atoms with Crippen molar-refractivity contribution >= 4 is 23.2 Å². The van der Waals surface area contributed by atoms with Crippen molar-refractivity contribution in [1.82, 2.24) is 15.1 Å². The number of halogens is 1. The van der Waals surface area contributed by atoms with Gasteiger partial charge in [0.05, 0.1) is 9.95 Å². The predicted octanol–water partition coefficient (Wildman–Crippen LogP) is 2.64. The SMILES string of the molecule is CCOCCCNC(=O)c1ccn(COc2ccc([N+](=O)[O-])cc2Cl)n1. The van der Waals surface area contributed by atoms with Gasteiger partial charge >= 0.3 is 0 Å². The minimum atomic E-state index is -0.539. The summed E-state index contributed by atoms with van der Waals surface area (Å²) in [5.74, 6) is 0.00306. The minimum Gasteiger partial charge on any atom is -0.470 e. The maximum Gasteiger partial charge on any atom is 0.271 e. The van der Waals surface area contributed by atoms with Gasteiger partial charge in [0.15, 0.2) is 6.73 Å². The quantitative estimate of drug-likeness (QED) is 0.384. The van der Waals surface area contributed by atoms with Crippen molar-refractivity contribution in [2.24, 2.45) is 0 Å². The van der Waals surface area contributed by atoms with Gasteiger partial charge < -0.3 is 14.8 Å². The number of amides is 1. The lowest BCUT2D eigenvalue weighted by Crippen LogP contribution is -2.26. The number of carbonyl (C=O) groups is 1. The molecule has 0 radical (unpaired) electrons. The second kappa shape index (κ2) is 9.73. The molecule has 0 spiro atoms. The molecule has 0 bridgehead atoms. The van der Waals surface area contributed by atoms with Crippen molar-refractivity contribution < 1.29 is 19.2 Å². The van der Waals surface area contributed by atoms with Gasteiger partial charge in [-0.05, 0) is 25.5 Å². The van der Waals surface area contributed by atoms with Gasteiger partial charge in [0, 0.05) is 38.1 Å². The molecule has 1 aromatic heterocycles. The molecule has 1 aromatic carbocycles. The second-order valence-electron chi connectivity index (χ2n) is 5.19. The molecule has 0 saturated carbocycles. The zero-order valence-corrected chi connectivity index (χ0v) is 14.9. The summed E-state index contributed by atoms with van der Waals surface area (Å²) in [6, 6.07) is 5.49. The van der Waals surface area contributed by atoms with Gasteiger partial charge in [0.1, 0.15) is 11.4 Å². The number of benzene rings is 1. The Morgan fingerprint density at radius 2 is 2.23 bits per heavy atom. The number of ether oxygens (including phenoxy) is 2. The van der Waals surface area contributed by atoms with Gasteiger partial charge in [0.25, 0.3) is 11.6 Å². The zero-order valence-electron chi connectivity index (χ0n) is 14.2. The fourth-order valence-corrected chi connectivity index (χ4v) is 2.25. The van der Waals surface area contributed by atoms with Crippen LogP contribution < -0.4 is 10.1 Å². The fraction of sp³-hybridized carbons (Fsp3) is 0.375. The summed E-state index contributed by atoms with van der Waals surface area (Å²) in [4.78, 5) is 22.1. The molecule has 0 aliphatic carbocycles. The van der Waals surface area contributed by atoms with E-state index >= 15 is 0 Å². The highest BCUT2D eigenvalue weighted by Crippen LogP contribution is 2.28. The number of nitrogens with one attached hydrogen (secondary N) is 1. The van der Waals surface area contributed by atoms with Crippen LogP contribution >= 0.6 is 11.6 Å². The van der Waals surface area contributed by atoms with Crippen molar-refractivity contribution in [3.63, 3.8) is 0 Å². The van der Waals surface area contributed by atoms with Crippen LogP contribution in [0.15, 0.2) is 30.5 Å². The van der Waals surface area contributed by atoms with Gasteiger partial charge in [-0.3, -0.25) is 14.9 Å². The normalized spacial score (nSPS) is 10.5. The number of nitro benzene ring substituents is 1. The van der Waals surface area contributed by atoms with Crippen LogP contribution in [0.2, 0.25) is 5.02 Å². The summed E-state index contributed by atoms with van der Waals surface area (Å²) in [5, 5.41) is 17.7. The second-order valence-corrected chi connectivity index (χ2v) is 5.60. The summed E-state index contributed by atoms with van der Waals surface area (Å²) >= 11 is 5.96. The summed E-state index contributed by atoms with van der Waals surface area (Å²) in [7, 11) is 0. The molecule has 0 atom stereocenters. The van der Waals surface area contributed by atoms with E-state index in [9.17, 15) is 14.9 Å². The zero-order chi connectivity index (χ0) is 18.9. The molecule has 2 rings (SSSR count). The Bertz CT molecular complexity index is 765. The number of hydrogen-bond donors (Lipinski definition) is 1. The third-order valence-corrected chi connectivity index (χ3v) is 3.60. The lowest BCUT2D eigenvalue weighted by Gasteiger charge is -2.07. The minimum absolute atomic E-state index is 0.00908. The fourth-order valence-electron chi connectivity index (χ4n) is 2.02. The lowest BCUT2D eigenvalue weighted by atomic mass is 10.3. The molecular formula is C16H19ClN4O5. The summed E-state index contributed by atoms with van der Waals surface area (Å²) < 4.78 is 12.1. The third kappa shape index (κ3) is 5.71. The Hall–Kier alpha value is -2.65. The van der Waals surface area contributed by atoms with E-state index < -0.39 is 4.92 Å². The van der Waals surface area contributed by atoms with E-state index in [1.54, 1.807) is 12.3 Å². The molecule has 1 amide bonds. The maximum absolute atomic E-state index is 12.0. The van der Waals surface area contributed by atoms with Crippen molar-refractivity contribution in [3.05, 3.63) is 51.3 Å². The van der Waals surface area contributed by atoms with E-state index in [0.29, 0.717) is 19.8 Å². The van der Waals surface area contributed by atoms with Crippen LogP contribution in [-0.4, -0.2) is 40.4 Å². The van der Waals surface area contributed by atoms with Crippen LogP contribution in [0.5, 0.6) is 5.75 Å². The Labute approximate surface area is 155 Å². The average Bonchev–Trinajstić information content (AvgIpc) is 3.09. The Kier molecular flexibility index (Phi) is 7.37. The van der Waals surface area contributed by atoms with Crippen LogP contribution in [0.3, 0.4) is 0 Å². The molecule has 0 saturated heterocycles. The highest BCUT2D eigenvalue weighted by molar-refractivity contribution is 6.32. The van der Waals surface area contributed by atoms with Crippen molar-refractivity contribution in [2.75, 3.05) is 19.8 Å². The van der Waals surface area contributed by atoms with Crippen LogP contribution in [0.25, 0.3) is 0 Å². The van der Waals surface area contributed by atoms with E-state index in [2.05, 4.69) is 10.4 Å². The monoisotopic (exact) mass is 382 g/mol. The summed E-state index contributed by atoms with van der Waals surface area (Å²) in [5.41, 5.74) is 0.143. The number of nitro groups is 1. The number of rotatable bonds is 10. The first-order valence-corrected chi connectivity index (χ1v) is 8.35. The molecule has 140 valence electrons. The molecular weight excluding hydrogens is 364 g/mol. The van der Waals surface area contributed by atoms with Gasteiger partial charge in [-0.15, -0.1) is 0 Å². The molecule has 0 unspecified atom stereocenters. The molecule has 0 aliphatic heterocycles. The summed E-state index contributed by atoms with van der Waals surface area (Å²) in [6.45, 7) is 3.67. The maximum atomic E-state index is 12.0. The third-order valence-electron chi connectivity index (χ3n) is 3.31. The smallest absolute Gasteiger partial charge is 0.271 e. The van der Waals surface area contributed by atoms with Crippen molar-refractivity contribution in [1.29, 1.82) is 0 Å².